The van der Waals surface area contributed by atoms with Crippen molar-refractivity contribution in [1.82, 2.24) is 10.3 Å². The average Bonchev–Trinajstić information content (AvgIpc) is 3.28. The molecule has 1 aliphatic heterocycles. The van der Waals surface area contributed by atoms with Crippen molar-refractivity contribution in [2.45, 2.75) is 19.3 Å². The molecule has 2 aromatic rings. The summed E-state index contributed by atoms with van der Waals surface area (Å²) in [7, 11) is 1.31. The third-order valence-corrected chi connectivity index (χ3v) is 5.11. The van der Waals surface area contributed by atoms with Crippen molar-refractivity contribution in [3.05, 3.63) is 46.5 Å². The van der Waals surface area contributed by atoms with Gasteiger partial charge < -0.3 is 15.4 Å². The Labute approximate surface area is 150 Å². The number of ether oxygens (including phenoxy) is 1. The number of nitrogens with one attached hydrogen (secondary N) is 2. The highest BCUT2D eigenvalue weighted by Gasteiger charge is 2.15. The molecule has 132 valence electrons. The van der Waals surface area contributed by atoms with Crippen LogP contribution in [0.15, 0.2) is 30.5 Å². The molecule has 3 rings (SSSR count). The van der Waals surface area contributed by atoms with Crippen LogP contribution in [0.4, 0.5) is 5.13 Å². The molecule has 0 bridgehead atoms. The monoisotopic (exact) mass is 359 g/mol. The third-order valence-electron chi connectivity index (χ3n) is 4.21. The number of thiazole rings is 1. The second-order valence-electron chi connectivity index (χ2n) is 6.13. The van der Waals surface area contributed by atoms with E-state index in [0.717, 1.165) is 36.4 Å². The van der Waals surface area contributed by atoms with Gasteiger partial charge in [-0.1, -0.05) is 35.6 Å². The van der Waals surface area contributed by atoms with Crippen molar-refractivity contribution in [3.8, 4) is 0 Å². The van der Waals surface area contributed by atoms with Crippen molar-refractivity contribution < 1.29 is 14.3 Å². The zero-order valence-electron chi connectivity index (χ0n) is 14.1. The summed E-state index contributed by atoms with van der Waals surface area (Å²) in [5.74, 6) is 0.104. The van der Waals surface area contributed by atoms with Crippen molar-refractivity contribution in [1.29, 1.82) is 0 Å². The van der Waals surface area contributed by atoms with E-state index in [1.165, 1.54) is 25.3 Å². The number of rotatable bonds is 6. The van der Waals surface area contributed by atoms with E-state index in [4.69, 9.17) is 0 Å². The first-order valence-electron chi connectivity index (χ1n) is 8.26. The maximum absolute atomic E-state index is 12.1. The molecule has 25 heavy (non-hydrogen) atoms. The number of benzene rings is 1. The number of carbonyl (C=O) groups is 2. The molecule has 7 heteroatoms. The normalized spacial score (nSPS) is 16.6. The Bertz CT molecular complexity index is 736. The van der Waals surface area contributed by atoms with Gasteiger partial charge in [-0.25, -0.2) is 9.78 Å². The van der Waals surface area contributed by atoms with Crippen LogP contribution in [0.25, 0.3) is 0 Å². The second-order valence-corrected chi connectivity index (χ2v) is 7.16. The average molecular weight is 359 g/mol. The van der Waals surface area contributed by atoms with Crippen LogP contribution >= 0.6 is 11.3 Å². The molecule has 1 aromatic carbocycles. The molecule has 1 fully saturated rings. The van der Waals surface area contributed by atoms with Crippen LogP contribution in [0.5, 0.6) is 0 Å². The minimum Gasteiger partial charge on any atom is -0.465 e. The number of hydrogen-bond donors (Lipinski definition) is 2. The van der Waals surface area contributed by atoms with Gasteiger partial charge in [-0.15, -0.1) is 0 Å². The molecule has 1 aromatic heterocycles. The van der Waals surface area contributed by atoms with Gasteiger partial charge in [-0.05, 0) is 43.0 Å². The zero-order valence-corrected chi connectivity index (χ0v) is 14.9. The van der Waals surface area contributed by atoms with E-state index >= 15 is 0 Å². The van der Waals surface area contributed by atoms with Gasteiger partial charge in [0, 0.05) is 0 Å². The molecule has 1 aliphatic rings. The van der Waals surface area contributed by atoms with E-state index in [1.54, 1.807) is 0 Å². The zero-order chi connectivity index (χ0) is 17.6. The SMILES string of the molecule is COC(=O)c1cnc(NC(=O)Cc2ccc(CC3CCNC3)cc2)s1. The van der Waals surface area contributed by atoms with Gasteiger partial charge in [0.15, 0.2) is 5.13 Å². The van der Waals surface area contributed by atoms with Gasteiger partial charge in [0.1, 0.15) is 4.88 Å². The topological polar surface area (TPSA) is 80.3 Å². The first kappa shape index (κ1) is 17.6. The van der Waals surface area contributed by atoms with Gasteiger partial charge >= 0.3 is 5.97 Å². The van der Waals surface area contributed by atoms with Crippen molar-refractivity contribution in [3.63, 3.8) is 0 Å². The first-order valence-corrected chi connectivity index (χ1v) is 9.08. The lowest BCUT2D eigenvalue weighted by Gasteiger charge is -2.09. The molecule has 1 saturated heterocycles. The highest BCUT2D eigenvalue weighted by molar-refractivity contribution is 7.17. The van der Waals surface area contributed by atoms with Crippen LogP contribution < -0.4 is 10.6 Å². The van der Waals surface area contributed by atoms with Gasteiger partial charge in [0.2, 0.25) is 5.91 Å². The number of methoxy groups -OCH3 is 1. The lowest BCUT2D eigenvalue weighted by Crippen LogP contribution is -2.14. The summed E-state index contributed by atoms with van der Waals surface area (Å²) < 4.78 is 4.62. The smallest absolute Gasteiger partial charge is 0.349 e. The fourth-order valence-corrected chi connectivity index (χ4v) is 3.64. The van der Waals surface area contributed by atoms with Crippen molar-refractivity contribution in [2.75, 3.05) is 25.5 Å². The maximum Gasteiger partial charge on any atom is 0.349 e. The van der Waals surface area contributed by atoms with Crippen LogP contribution in [-0.4, -0.2) is 37.1 Å². The van der Waals surface area contributed by atoms with E-state index in [1.807, 2.05) is 12.1 Å². The molecule has 0 spiro atoms. The van der Waals surface area contributed by atoms with Gasteiger partial charge in [0.05, 0.1) is 19.7 Å². The van der Waals surface area contributed by atoms with E-state index in [2.05, 4.69) is 32.5 Å². The maximum atomic E-state index is 12.1. The van der Waals surface area contributed by atoms with Crippen LogP contribution in [0.2, 0.25) is 0 Å². The lowest BCUT2D eigenvalue weighted by atomic mass is 9.97. The Balaban J connectivity index is 1.52. The predicted octanol–water partition coefficient (Wildman–Crippen LogP) is 2.26. The van der Waals surface area contributed by atoms with E-state index in [0.29, 0.717) is 15.9 Å². The molecular weight excluding hydrogens is 338 g/mol. The van der Waals surface area contributed by atoms with Crippen molar-refractivity contribution >= 4 is 28.3 Å². The van der Waals surface area contributed by atoms with Gasteiger partial charge in [-0.3, -0.25) is 4.79 Å². The molecule has 0 saturated carbocycles. The standard InChI is InChI=1S/C18H21N3O3S/c1-24-17(23)15-11-20-18(25-15)21-16(22)9-13-4-2-12(3-5-13)8-14-6-7-19-10-14/h2-5,11,14,19H,6-10H2,1H3,(H,20,21,22). The van der Waals surface area contributed by atoms with Gasteiger partial charge in [0.25, 0.3) is 0 Å². The summed E-state index contributed by atoms with van der Waals surface area (Å²) >= 11 is 1.10. The largest absolute Gasteiger partial charge is 0.465 e. The minimum atomic E-state index is -0.453. The summed E-state index contributed by atoms with van der Waals surface area (Å²) in [5.41, 5.74) is 2.26. The van der Waals surface area contributed by atoms with E-state index in [-0.39, 0.29) is 12.3 Å². The molecular formula is C18H21N3O3S. The van der Waals surface area contributed by atoms with E-state index < -0.39 is 5.97 Å². The Morgan fingerprint density at radius 1 is 1.32 bits per heavy atom. The van der Waals surface area contributed by atoms with Crippen LogP contribution in [-0.2, 0) is 22.4 Å². The molecule has 1 amide bonds. The van der Waals surface area contributed by atoms with E-state index in [9.17, 15) is 9.59 Å². The summed E-state index contributed by atoms with van der Waals surface area (Å²) in [6.45, 7) is 2.20. The number of nitrogens with zero attached hydrogens (tertiary/aromatic N) is 1. The molecule has 6 nitrogen and oxygen atoms in total. The predicted molar refractivity (Wildman–Crippen MR) is 96.9 cm³/mol. The Morgan fingerprint density at radius 2 is 2.08 bits per heavy atom. The first-order chi connectivity index (χ1) is 12.1. The number of amides is 1. The quantitative estimate of drug-likeness (QED) is 0.774. The summed E-state index contributed by atoms with van der Waals surface area (Å²) in [6.07, 6.45) is 3.98. The number of hydrogen-bond acceptors (Lipinski definition) is 6. The minimum absolute atomic E-state index is 0.154. The molecule has 1 atom stereocenters. The molecule has 2 N–H and O–H groups in total. The second kappa shape index (κ2) is 8.22. The highest BCUT2D eigenvalue weighted by atomic mass is 32.1. The molecule has 2 heterocycles. The molecule has 1 unspecified atom stereocenters. The summed E-state index contributed by atoms with van der Waals surface area (Å²) in [6, 6.07) is 8.19. The summed E-state index contributed by atoms with van der Waals surface area (Å²) in [4.78, 5) is 27.9. The lowest BCUT2D eigenvalue weighted by molar-refractivity contribution is -0.115. The number of anilines is 1. The highest BCUT2D eigenvalue weighted by Crippen LogP contribution is 2.19. The number of carbonyl (C=O) groups excluding carboxylic acids is 2. The van der Waals surface area contributed by atoms with Crippen LogP contribution in [0, 0.1) is 5.92 Å². The Kier molecular flexibility index (Phi) is 5.78. The van der Waals surface area contributed by atoms with Gasteiger partial charge in [-0.2, -0.15) is 0 Å². The Hall–Kier alpha value is -2.25. The van der Waals surface area contributed by atoms with Crippen LogP contribution in [0.3, 0.4) is 0 Å². The fraction of sp³-hybridized carbons (Fsp3) is 0.389. The van der Waals surface area contributed by atoms with Crippen LogP contribution in [0.1, 0.15) is 27.2 Å². The Morgan fingerprint density at radius 3 is 2.76 bits per heavy atom. The number of esters is 1. The third kappa shape index (κ3) is 4.87. The summed E-state index contributed by atoms with van der Waals surface area (Å²) in [5, 5.41) is 6.49. The fourth-order valence-electron chi connectivity index (χ4n) is 2.89. The molecule has 0 radical (unpaired) electrons. The number of aromatic nitrogens is 1. The van der Waals surface area contributed by atoms with Crippen molar-refractivity contribution in [2.24, 2.45) is 5.92 Å². The molecule has 0 aliphatic carbocycles.